The van der Waals surface area contributed by atoms with Crippen LogP contribution < -0.4 is 10.1 Å². The van der Waals surface area contributed by atoms with Crippen LogP contribution in [-0.4, -0.2) is 34.7 Å². The van der Waals surface area contributed by atoms with Gasteiger partial charge in [0.15, 0.2) is 16.6 Å². The van der Waals surface area contributed by atoms with Gasteiger partial charge in [0.2, 0.25) is 0 Å². The summed E-state index contributed by atoms with van der Waals surface area (Å²) in [4.78, 5) is 29.0. The zero-order valence-electron chi connectivity index (χ0n) is 17.4. The highest BCUT2D eigenvalue weighted by Crippen LogP contribution is 2.33. The lowest BCUT2D eigenvalue weighted by atomic mass is 10.1. The first-order valence-electron chi connectivity index (χ1n) is 10.2. The third kappa shape index (κ3) is 3.82. The summed E-state index contributed by atoms with van der Waals surface area (Å²) in [5.41, 5.74) is 3.20. The fraction of sp³-hybridized carbons (Fsp3) is 0.217. The highest BCUT2D eigenvalue weighted by Gasteiger charge is 2.21. The minimum Gasteiger partial charge on any atom is -0.490 e. The Labute approximate surface area is 187 Å². The number of nitrogens with zero attached hydrogens (tertiary/aromatic N) is 2. The second kappa shape index (κ2) is 8.08. The molecule has 9 heteroatoms. The fourth-order valence-corrected chi connectivity index (χ4v) is 4.47. The van der Waals surface area contributed by atoms with Gasteiger partial charge in [0.1, 0.15) is 11.9 Å². The van der Waals surface area contributed by atoms with Crippen LogP contribution in [0.25, 0.3) is 21.5 Å². The van der Waals surface area contributed by atoms with Gasteiger partial charge in [-0.05, 0) is 55.8 Å². The fourth-order valence-electron chi connectivity index (χ4n) is 3.57. The third-order valence-electron chi connectivity index (χ3n) is 5.04. The molecule has 1 atom stereocenters. The van der Waals surface area contributed by atoms with Crippen molar-refractivity contribution < 1.29 is 23.6 Å². The normalized spacial score (nSPS) is 14.8. The lowest BCUT2D eigenvalue weighted by molar-refractivity contribution is 0.0526. The first-order valence-corrected chi connectivity index (χ1v) is 11.0. The molecular formula is C23H19N3O5S. The Morgan fingerprint density at radius 2 is 2.09 bits per heavy atom. The number of hydrogen-bond donors (Lipinski definition) is 1. The van der Waals surface area contributed by atoms with E-state index < -0.39 is 11.9 Å². The summed E-state index contributed by atoms with van der Waals surface area (Å²) in [7, 11) is 0. The summed E-state index contributed by atoms with van der Waals surface area (Å²) < 4.78 is 16.9. The molecule has 0 saturated heterocycles. The maximum absolute atomic E-state index is 12.7. The molecule has 162 valence electrons. The van der Waals surface area contributed by atoms with E-state index in [1.165, 1.54) is 11.3 Å². The lowest BCUT2D eigenvalue weighted by Gasteiger charge is -2.02. The zero-order valence-corrected chi connectivity index (χ0v) is 18.2. The molecular weight excluding hydrogens is 430 g/mol. The van der Waals surface area contributed by atoms with Crippen LogP contribution in [0.3, 0.4) is 0 Å². The van der Waals surface area contributed by atoms with Crippen LogP contribution in [0.1, 0.15) is 40.3 Å². The van der Waals surface area contributed by atoms with Crippen molar-refractivity contribution >= 4 is 38.6 Å². The first kappa shape index (κ1) is 20.2. The average Bonchev–Trinajstić information content (AvgIpc) is 3.49. The van der Waals surface area contributed by atoms with E-state index in [2.05, 4.69) is 15.5 Å². The van der Waals surface area contributed by atoms with Gasteiger partial charge in [-0.25, -0.2) is 9.78 Å². The van der Waals surface area contributed by atoms with E-state index in [0.717, 1.165) is 28.0 Å². The van der Waals surface area contributed by atoms with E-state index >= 15 is 0 Å². The summed E-state index contributed by atoms with van der Waals surface area (Å²) >= 11 is 1.26. The molecule has 8 nitrogen and oxygen atoms in total. The van der Waals surface area contributed by atoms with Crippen molar-refractivity contribution in [1.29, 1.82) is 0 Å². The van der Waals surface area contributed by atoms with E-state index in [-0.39, 0.29) is 11.8 Å². The number of anilines is 1. The van der Waals surface area contributed by atoms with Gasteiger partial charge in [-0.2, -0.15) is 0 Å². The molecule has 0 saturated carbocycles. The predicted molar refractivity (Wildman–Crippen MR) is 119 cm³/mol. The number of nitrogens with one attached hydrogen (secondary N) is 1. The molecule has 1 aliphatic heterocycles. The molecule has 2 aromatic carbocycles. The van der Waals surface area contributed by atoms with Gasteiger partial charge in [0, 0.05) is 18.1 Å². The van der Waals surface area contributed by atoms with Crippen molar-refractivity contribution in [2.24, 2.45) is 0 Å². The Morgan fingerprint density at radius 3 is 2.94 bits per heavy atom. The smallest absolute Gasteiger partial charge is 0.338 e. The van der Waals surface area contributed by atoms with Crippen LogP contribution in [0, 0.1) is 0 Å². The van der Waals surface area contributed by atoms with Gasteiger partial charge in [-0.15, -0.1) is 0 Å². The molecule has 0 fully saturated rings. The Kier molecular flexibility index (Phi) is 5.10. The van der Waals surface area contributed by atoms with Gasteiger partial charge in [0.05, 0.1) is 22.4 Å². The summed E-state index contributed by atoms with van der Waals surface area (Å²) in [6.45, 7) is 4.08. The number of fused-ring (bicyclic) bond motifs is 2. The molecule has 0 aliphatic carbocycles. The first-order chi connectivity index (χ1) is 15.5. The van der Waals surface area contributed by atoms with E-state index in [9.17, 15) is 9.59 Å². The van der Waals surface area contributed by atoms with Crippen molar-refractivity contribution in [1.82, 2.24) is 10.1 Å². The number of rotatable bonds is 5. The Balaban J connectivity index is 1.32. The maximum Gasteiger partial charge on any atom is 0.338 e. The number of thiazole rings is 1. The minimum atomic E-state index is -0.428. The summed E-state index contributed by atoms with van der Waals surface area (Å²) in [5.74, 6) is 0.556. The van der Waals surface area contributed by atoms with E-state index in [1.54, 1.807) is 31.2 Å². The summed E-state index contributed by atoms with van der Waals surface area (Å²) in [5, 5.41) is 7.05. The number of benzene rings is 2. The number of carbonyl (C=O) groups is 2. The standard InChI is InChI=1S/C23H19N3O5S/c1-3-29-22(28)14-4-6-16-20(10-14)32-23(24-16)25-21(27)17-11-19(31-26-17)13-5-7-18-15(9-13)8-12(2)30-18/h4-7,9-12H,3,8H2,1-2H3,(H,24,25,27)/t12-/m0/s1. The van der Waals surface area contributed by atoms with Crippen molar-refractivity contribution in [2.75, 3.05) is 11.9 Å². The third-order valence-corrected chi connectivity index (χ3v) is 5.98. The molecule has 0 unspecified atom stereocenters. The Hall–Kier alpha value is -3.72. The molecule has 0 spiro atoms. The van der Waals surface area contributed by atoms with Crippen LogP contribution in [-0.2, 0) is 11.2 Å². The molecule has 0 radical (unpaired) electrons. The molecule has 1 N–H and O–H groups in total. The average molecular weight is 449 g/mol. The number of aromatic nitrogens is 2. The topological polar surface area (TPSA) is 104 Å². The highest BCUT2D eigenvalue weighted by atomic mass is 32.1. The van der Waals surface area contributed by atoms with Crippen LogP contribution in [0.15, 0.2) is 47.0 Å². The van der Waals surface area contributed by atoms with Crippen LogP contribution in [0.4, 0.5) is 5.13 Å². The number of hydrogen-bond acceptors (Lipinski definition) is 8. The van der Waals surface area contributed by atoms with Crippen LogP contribution in [0.5, 0.6) is 5.75 Å². The molecule has 1 amide bonds. The lowest BCUT2D eigenvalue weighted by Crippen LogP contribution is -2.11. The number of carbonyl (C=O) groups excluding carboxylic acids is 2. The molecule has 2 aromatic heterocycles. The van der Waals surface area contributed by atoms with E-state index in [4.69, 9.17) is 14.0 Å². The van der Waals surface area contributed by atoms with Gasteiger partial charge in [-0.1, -0.05) is 16.5 Å². The Morgan fingerprint density at radius 1 is 1.22 bits per heavy atom. The second-order valence-electron chi connectivity index (χ2n) is 7.41. The van der Waals surface area contributed by atoms with E-state index in [0.29, 0.717) is 28.6 Å². The summed E-state index contributed by atoms with van der Waals surface area (Å²) in [6, 6.07) is 12.5. The van der Waals surface area contributed by atoms with Gasteiger partial charge in [-0.3, -0.25) is 10.1 Å². The summed E-state index contributed by atoms with van der Waals surface area (Å²) in [6.07, 6.45) is 0.985. The quantitative estimate of drug-likeness (QED) is 0.440. The van der Waals surface area contributed by atoms with Crippen LogP contribution in [0.2, 0.25) is 0 Å². The molecule has 4 aromatic rings. The molecule has 0 bridgehead atoms. The van der Waals surface area contributed by atoms with Gasteiger partial charge >= 0.3 is 5.97 Å². The van der Waals surface area contributed by atoms with Crippen LogP contribution >= 0.6 is 11.3 Å². The van der Waals surface area contributed by atoms with Gasteiger partial charge < -0.3 is 14.0 Å². The second-order valence-corrected chi connectivity index (χ2v) is 8.44. The van der Waals surface area contributed by atoms with Crippen molar-refractivity contribution in [3.63, 3.8) is 0 Å². The monoisotopic (exact) mass is 449 g/mol. The zero-order chi connectivity index (χ0) is 22.2. The number of esters is 1. The molecule has 1 aliphatic rings. The van der Waals surface area contributed by atoms with Crippen molar-refractivity contribution in [3.8, 4) is 17.1 Å². The number of ether oxygens (including phenoxy) is 2. The van der Waals surface area contributed by atoms with Crippen molar-refractivity contribution in [3.05, 3.63) is 59.3 Å². The van der Waals surface area contributed by atoms with Crippen molar-refractivity contribution in [2.45, 2.75) is 26.4 Å². The largest absolute Gasteiger partial charge is 0.490 e. The van der Waals surface area contributed by atoms with Gasteiger partial charge in [0.25, 0.3) is 5.91 Å². The number of amides is 1. The Bertz CT molecular complexity index is 1340. The molecule has 5 rings (SSSR count). The molecule has 3 heterocycles. The minimum absolute atomic E-state index is 0.150. The highest BCUT2D eigenvalue weighted by molar-refractivity contribution is 7.22. The maximum atomic E-state index is 12.7. The predicted octanol–water partition coefficient (Wildman–Crippen LogP) is 4.70. The SMILES string of the molecule is CCOC(=O)c1ccc2nc(NC(=O)c3cc(-c4ccc5c(c4)C[C@H](C)O5)on3)sc2c1. The molecule has 32 heavy (non-hydrogen) atoms. The van der Waals surface area contributed by atoms with E-state index in [1.807, 2.05) is 25.1 Å².